The lowest BCUT2D eigenvalue weighted by atomic mass is 10.1. The molecule has 0 aromatic rings. The van der Waals surface area contributed by atoms with E-state index in [9.17, 15) is 4.79 Å². The molecule has 0 aromatic heterocycles. The Morgan fingerprint density at radius 1 is 1.75 bits per heavy atom. The van der Waals surface area contributed by atoms with Crippen LogP contribution in [0.2, 0.25) is 0 Å². The molecule has 1 atom stereocenters. The highest BCUT2D eigenvalue weighted by Crippen LogP contribution is 2.06. The van der Waals surface area contributed by atoms with Crippen LogP contribution in [0.25, 0.3) is 0 Å². The Morgan fingerprint density at radius 2 is 2.50 bits per heavy atom. The van der Waals surface area contributed by atoms with Gasteiger partial charge in [0, 0.05) is 13.1 Å². The molecule has 0 bridgehead atoms. The molecule has 8 heavy (non-hydrogen) atoms. The number of amides is 1. The summed E-state index contributed by atoms with van der Waals surface area (Å²) in [5, 5.41) is 3.99. The predicted molar refractivity (Wildman–Crippen MR) is 29.2 cm³/mol. The van der Waals surface area contributed by atoms with Crippen molar-refractivity contribution in [2.75, 3.05) is 13.1 Å². The van der Waals surface area contributed by atoms with E-state index in [4.69, 9.17) is 5.73 Å². The molecular weight excluding hydrogens is 104 g/mol. The second-order valence-electron chi connectivity index (χ2n) is 2.02. The number of primary amides is 1. The van der Waals surface area contributed by atoms with Crippen molar-refractivity contribution >= 4 is 5.91 Å². The Morgan fingerprint density at radius 3 is 2.75 bits per heavy atom. The molecule has 0 aromatic carbocycles. The second-order valence-corrected chi connectivity index (χ2v) is 2.02. The van der Waals surface area contributed by atoms with E-state index in [1.54, 1.807) is 0 Å². The fourth-order valence-electron chi connectivity index (χ4n) is 0.818. The van der Waals surface area contributed by atoms with Crippen molar-refractivity contribution in [2.45, 2.75) is 6.42 Å². The second kappa shape index (κ2) is 2.13. The van der Waals surface area contributed by atoms with Gasteiger partial charge in [-0.15, -0.1) is 0 Å². The summed E-state index contributed by atoms with van der Waals surface area (Å²) in [6.45, 7) is 1.46. The van der Waals surface area contributed by atoms with Crippen molar-refractivity contribution < 1.29 is 4.79 Å². The molecule has 1 aliphatic heterocycles. The summed E-state index contributed by atoms with van der Waals surface area (Å²) < 4.78 is 0. The van der Waals surface area contributed by atoms with Gasteiger partial charge in [0.1, 0.15) is 0 Å². The van der Waals surface area contributed by atoms with E-state index in [-0.39, 0.29) is 11.8 Å². The average molecular weight is 113 g/mol. The standard InChI is InChI=1S/C5H9N2O/c6-5(8)4-1-2-7-3-4/h4H,1-3H2,(H2,6,8). The Bertz CT molecular complexity index is 96.6. The third-order valence-corrected chi connectivity index (χ3v) is 1.39. The first-order valence-corrected chi connectivity index (χ1v) is 2.73. The van der Waals surface area contributed by atoms with Crippen LogP contribution in [0.15, 0.2) is 0 Å². The van der Waals surface area contributed by atoms with E-state index in [2.05, 4.69) is 5.32 Å². The molecule has 0 aliphatic carbocycles. The van der Waals surface area contributed by atoms with E-state index in [0.717, 1.165) is 13.0 Å². The van der Waals surface area contributed by atoms with Gasteiger partial charge < -0.3 is 5.73 Å². The van der Waals surface area contributed by atoms with Gasteiger partial charge >= 0.3 is 0 Å². The maximum atomic E-state index is 10.4. The minimum absolute atomic E-state index is 0.0370. The first-order chi connectivity index (χ1) is 3.80. The molecule has 0 spiro atoms. The van der Waals surface area contributed by atoms with Crippen molar-refractivity contribution in [1.82, 2.24) is 5.32 Å². The Hall–Kier alpha value is -0.570. The fraction of sp³-hybridized carbons (Fsp3) is 0.800. The Labute approximate surface area is 48.2 Å². The van der Waals surface area contributed by atoms with Crippen molar-refractivity contribution in [2.24, 2.45) is 11.7 Å². The molecule has 3 heteroatoms. The van der Waals surface area contributed by atoms with Gasteiger partial charge in [0.25, 0.3) is 0 Å². The van der Waals surface area contributed by atoms with Crippen LogP contribution in [0.5, 0.6) is 0 Å². The molecule has 1 saturated heterocycles. The normalized spacial score (nSPS) is 28.2. The topological polar surface area (TPSA) is 57.2 Å². The van der Waals surface area contributed by atoms with Crippen LogP contribution < -0.4 is 11.1 Å². The van der Waals surface area contributed by atoms with Crippen LogP contribution in [-0.4, -0.2) is 19.0 Å². The highest BCUT2D eigenvalue weighted by Gasteiger charge is 2.19. The predicted octanol–water partition coefficient (Wildman–Crippen LogP) is -0.904. The van der Waals surface area contributed by atoms with Gasteiger partial charge in [-0.2, -0.15) is 0 Å². The summed E-state index contributed by atoms with van der Waals surface area (Å²) >= 11 is 0. The SMILES string of the molecule is NC(=O)C1CC[N]C1. The highest BCUT2D eigenvalue weighted by atomic mass is 16.1. The molecule has 2 N–H and O–H groups in total. The summed E-state index contributed by atoms with van der Waals surface area (Å²) in [5.74, 6) is -0.166. The first-order valence-electron chi connectivity index (χ1n) is 2.73. The summed E-state index contributed by atoms with van der Waals surface area (Å²) in [4.78, 5) is 10.4. The molecule has 45 valence electrons. The molecular formula is C5H9N2O. The van der Waals surface area contributed by atoms with Crippen LogP contribution in [0.1, 0.15) is 6.42 Å². The van der Waals surface area contributed by atoms with Crippen LogP contribution in [0, 0.1) is 5.92 Å². The maximum absolute atomic E-state index is 10.4. The van der Waals surface area contributed by atoms with Crippen LogP contribution in [-0.2, 0) is 4.79 Å². The molecule has 1 fully saturated rings. The minimum atomic E-state index is -0.203. The van der Waals surface area contributed by atoms with E-state index in [1.807, 2.05) is 0 Å². The van der Waals surface area contributed by atoms with Crippen molar-refractivity contribution in [3.05, 3.63) is 0 Å². The monoisotopic (exact) mass is 113 g/mol. The van der Waals surface area contributed by atoms with E-state index >= 15 is 0 Å². The van der Waals surface area contributed by atoms with Gasteiger partial charge in [-0.3, -0.25) is 4.79 Å². The Balaban J connectivity index is 2.35. The van der Waals surface area contributed by atoms with Gasteiger partial charge in [0.15, 0.2) is 0 Å². The van der Waals surface area contributed by atoms with E-state index in [1.165, 1.54) is 0 Å². The molecule has 0 saturated carbocycles. The minimum Gasteiger partial charge on any atom is -0.369 e. The first kappa shape index (κ1) is 5.56. The van der Waals surface area contributed by atoms with E-state index in [0.29, 0.717) is 6.54 Å². The largest absolute Gasteiger partial charge is 0.369 e. The maximum Gasteiger partial charge on any atom is 0.221 e. The highest BCUT2D eigenvalue weighted by molar-refractivity contribution is 5.77. The summed E-state index contributed by atoms with van der Waals surface area (Å²) in [6, 6.07) is 0. The zero-order valence-corrected chi connectivity index (χ0v) is 4.63. The van der Waals surface area contributed by atoms with Crippen molar-refractivity contribution in [3.8, 4) is 0 Å². The summed E-state index contributed by atoms with van der Waals surface area (Å²) in [6.07, 6.45) is 0.856. The van der Waals surface area contributed by atoms with Crippen molar-refractivity contribution in [3.63, 3.8) is 0 Å². The molecule has 1 rings (SSSR count). The third-order valence-electron chi connectivity index (χ3n) is 1.39. The number of carbonyl (C=O) groups excluding carboxylic acids is 1. The smallest absolute Gasteiger partial charge is 0.221 e. The van der Waals surface area contributed by atoms with Gasteiger partial charge in [-0.1, -0.05) is 0 Å². The number of hydrogen-bond donors (Lipinski definition) is 1. The van der Waals surface area contributed by atoms with Crippen LogP contribution in [0.3, 0.4) is 0 Å². The van der Waals surface area contributed by atoms with E-state index < -0.39 is 0 Å². The molecule has 1 heterocycles. The lowest BCUT2D eigenvalue weighted by molar-refractivity contribution is -0.121. The Kier molecular flexibility index (Phi) is 1.48. The number of rotatable bonds is 1. The quantitative estimate of drug-likeness (QED) is 0.470. The average Bonchev–Trinajstić information content (AvgIpc) is 2.12. The number of nitrogens with zero attached hydrogens (tertiary/aromatic N) is 1. The van der Waals surface area contributed by atoms with Crippen LogP contribution in [0.4, 0.5) is 0 Å². The van der Waals surface area contributed by atoms with Gasteiger partial charge in [0.2, 0.25) is 5.91 Å². The van der Waals surface area contributed by atoms with Gasteiger partial charge in [-0.05, 0) is 6.42 Å². The zero-order chi connectivity index (χ0) is 5.98. The molecule has 1 aliphatic rings. The summed E-state index contributed by atoms with van der Waals surface area (Å²) in [5.41, 5.74) is 5.00. The molecule has 1 unspecified atom stereocenters. The summed E-state index contributed by atoms with van der Waals surface area (Å²) in [7, 11) is 0. The molecule has 1 amide bonds. The van der Waals surface area contributed by atoms with Crippen LogP contribution >= 0.6 is 0 Å². The lowest BCUT2D eigenvalue weighted by Gasteiger charge is -1.97. The fourth-order valence-corrected chi connectivity index (χ4v) is 0.818. The lowest BCUT2D eigenvalue weighted by Crippen LogP contribution is -2.23. The van der Waals surface area contributed by atoms with Gasteiger partial charge in [-0.25, -0.2) is 5.32 Å². The number of nitrogens with two attached hydrogens (primary N) is 1. The number of hydrogen-bond acceptors (Lipinski definition) is 1. The molecule has 1 radical (unpaired) electrons. The zero-order valence-electron chi connectivity index (χ0n) is 4.63. The third kappa shape index (κ3) is 0.980. The van der Waals surface area contributed by atoms with Gasteiger partial charge in [0.05, 0.1) is 5.92 Å². The molecule has 3 nitrogen and oxygen atoms in total. The number of carbonyl (C=O) groups is 1. The van der Waals surface area contributed by atoms with Crippen molar-refractivity contribution in [1.29, 1.82) is 0 Å².